The van der Waals surface area contributed by atoms with E-state index in [0.717, 1.165) is 31.1 Å². The first-order valence-corrected chi connectivity index (χ1v) is 9.93. The minimum atomic E-state index is 0.315. The number of carbonyl (C=O) groups is 1. The Morgan fingerprint density at radius 2 is 1.42 bits per heavy atom. The smallest absolute Gasteiger partial charge is 0.136 e. The molecule has 0 aromatic carbocycles. The molecule has 1 heteroatoms. The van der Waals surface area contributed by atoms with Gasteiger partial charge in [0, 0.05) is 12.3 Å². The van der Waals surface area contributed by atoms with Gasteiger partial charge in [-0.15, -0.1) is 0 Å². The van der Waals surface area contributed by atoms with Crippen LogP contribution in [0.25, 0.3) is 0 Å². The van der Waals surface area contributed by atoms with Crippen molar-refractivity contribution in [2.45, 2.75) is 79.1 Å². The fourth-order valence-corrected chi connectivity index (χ4v) is 4.07. The van der Waals surface area contributed by atoms with Crippen LogP contribution in [0.15, 0.2) is 36.5 Å². The van der Waals surface area contributed by atoms with Gasteiger partial charge >= 0.3 is 0 Å². The Morgan fingerprint density at radius 1 is 0.917 bits per heavy atom. The molecule has 2 rings (SSSR count). The van der Waals surface area contributed by atoms with E-state index in [2.05, 4.69) is 45.6 Å². The molecule has 1 nitrogen and oxygen atoms in total. The first-order chi connectivity index (χ1) is 11.5. The van der Waals surface area contributed by atoms with Crippen molar-refractivity contribution < 1.29 is 4.79 Å². The highest BCUT2D eigenvalue weighted by atomic mass is 16.1. The van der Waals surface area contributed by atoms with Crippen LogP contribution >= 0.6 is 0 Å². The summed E-state index contributed by atoms with van der Waals surface area (Å²) in [7, 11) is 0. The Kier molecular flexibility index (Phi) is 9.98. The minimum absolute atomic E-state index is 0.315. The molecule has 0 aromatic heterocycles. The summed E-state index contributed by atoms with van der Waals surface area (Å²) in [5.74, 6) is 3.00. The lowest BCUT2D eigenvalue weighted by molar-refractivity contribution is -0.126. The standard InChI is InChI=1S/C12H20.C11H18O/c1-4-5-9-12-10(2)7-6-8-11(12)3;1-3-4-7-10-9(2)6-5-8-11(10)12/h4-5,11-12H,2,6-9H2,1,3H3;3-4,9-10H,5-8H2,1-2H3/b5-4+;4-3+/t11-,12-;9-,10+/m11/s1. The average molecular weight is 331 g/mol. The second-order valence-electron chi connectivity index (χ2n) is 7.69. The molecule has 24 heavy (non-hydrogen) atoms. The first-order valence-electron chi connectivity index (χ1n) is 9.93. The summed E-state index contributed by atoms with van der Waals surface area (Å²) in [4.78, 5) is 11.5. The number of allylic oxidation sites excluding steroid dienone is 5. The molecule has 4 atom stereocenters. The summed E-state index contributed by atoms with van der Waals surface area (Å²) < 4.78 is 0. The molecule has 2 fully saturated rings. The Balaban J connectivity index is 0.000000240. The van der Waals surface area contributed by atoms with Crippen molar-refractivity contribution in [2.24, 2.45) is 23.7 Å². The van der Waals surface area contributed by atoms with Gasteiger partial charge in [0.15, 0.2) is 0 Å². The molecule has 0 N–H and O–H groups in total. The molecule has 0 heterocycles. The van der Waals surface area contributed by atoms with Crippen molar-refractivity contribution in [3.8, 4) is 0 Å². The van der Waals surface area contributed by atoms with Gasteiger partial charge in [-0.3, -0.25) is 4.79 Å². The molecule has 0 aliphatic heterocycles. The molecule has 0 unspecified atom stereocenters. The zero-order valence-electron chi connectivity index (χ0n) is 16.4. The van der Waals surface area contributed by atoms with E-state index in [1.54, 1.807) is 0 Å². The summed E-state index contributed by atoms with van der Waals surface area (Å²) in [6.07, 6.45) is 17.9. The lowest BCUT2D eigenvalue weighted by atomic mass is 9.76. The Hall–Kier alpha value is -1.11. The van der Waals surface area contributed by atoms with Crippen molar-refractivity contribution in [2.75, 3.05) is 0 Å². The average Bonchev–Trinajstić information content (AvgIpc) is 2.55. The van der Waals surface area contributed by atoms with Crippen LogP contribution in [-0.2, 0) is 4.79 Å². The Bertz CT molecular complexity index is 401. The van der Waals surface area contributed by atoms with Crippen LogP contribution in [-0.4, -0.2) is 5.78 Å². The third-order valence-electron chi connectivity index (χ3n) is 5.80. The highest BCUT2D eigenvalue weighted by molar-refractivity contribution is 5.82. The third kappa shape index (κ3) is 6.79. The lowest BCUT2D eigenvalue weighted by Crippen LogP contribution is -2.25. The molecule has 2 aliphatic rings. The number of rotatable bonds is 4. The molecular weight excluding hydrogens is 292 g/mol. The molecule has 136 valence electrons. The maximum absolute atomic E-state index is 11.5. The second kappa shape index (κ2) is 11.4. The zero-order valence-corrected chi connectivity index (χ0v) is 16.4. The van der Waals surface area contributed by atoms with Gasteiger partial charge in [0.2, 0.25) is 0 Å². The predicted molar refractivity (Wildman–Crippen MR) is 106 cm³/mol. The summed E-state index contributed by atoms with van der Waals surface area (Å²) in [5.41, 5.74) is 1.48. The molecule has 0 saturated heterocycles. The molecule has 2 saturated carbocycles. The maximum Gasteiger partial charge on any atom is 0.136 e. The number of hydrogen-bond acceptors (Lipinski definition) is 1. The summed E-state index contributed by atoms with van der Waals surface area (Å²) in [5, 5.41) is 0. The quantitative estimate of drug-likeness (QED) is 0.512. The SMILES string of the molecule is C/C=C/C[C@@H]1C(=O)CCC[C@H]1C.C=C1CCC[C@@H](C)[C@@H]1C/C=C/C. The van der Waals surface area contributed by atoms with Gasteiger partial charge in [0.25, 0.3) is 0 Å². The number of Topliss-reactive ketones (excluding diaryl/α,β-unsaturated/α-hetero) is 1. The largest absolute Gasteiger partial charge is 0.299 e. The van der Waals surface area contributed by atoms with E-state index >= 15 is 0 Å². The lowest BCUT2D eigenvalue weighted by Gasteiger charge is -2.30. The zero-order chi connectivity index (χ0) is 17.9. The van der Waals surface area contributed by atoms with Crippen LogP contribution in [0, 0.1) is 23.7 Å². The van der Waals surface area contributed by atoms with Gasteiger partial charge in [-0.25, -0.2) is 0 Å². The van der Waals surface area contributed by atoms with E-state index in [4.69, 9.17) is 0 Å². The molecule has 0 aromatic rings. The van der Waals surface area contributed by atoms with E-state index in [0.29, 0.717) is 17.6 Å². The Morgan fingerprint density at radius 3 is 1.92 bits per heavy atom. The fourth-order valence-electron chi connectivity index (χ4n) is 4.07. The number of carbonyl (C=O) groups excluding carboxylic acids is 1. The minimum Gasteiger partial charge on any atom is -0.299 e. The molecule has 0 radical (unpaired) electrons. The predicted octanol–water partition coefficient (Wildman–Crippen LogP) is 6.90. The number of hydrogen-bond donors (Lipinski definition) is 0. The van der Waals surface area contributed by atoms with Crippen molar-refractivity contribution in [3.63, 3.8) is 0 Å². The van der Waals surface area contributed by atoms with Crippen LogP contribution in [0.3, 0.4) is 0 Å². The molecule has 0 amide bonds. The van der Waals surface area contributed by atoms with Crippen molar-refractivity contribution in [3.05, 3.63) is 36.5 Å². The van der Waals surface area contributed by atoms with Gasteiger partial charge in [-0.05, 0) is 76.5 Å². The van der Waals surface area contributed by atoms with Crippen molar-refractivity contribution in [1.29, 1.82) is 0 Å². The highest BCUT2D eigenvalue weighted by Crippen LogP contribution is 2.35. The van der Waals surface area contributed by atoms with Gasteiger partial charge in [-0.1, -0.05) is 50.3 Å². The van der Waals surface area contributed by atoms with Gasteiger partial charge in [0.1, 0.15) is 5.78 Å². The van der Waals surface area contributed by atoms with E-state index in [1.807, 2.05) is 13.0 Å². The van der Waals surface area contributed by atoms with E-state index < -0.39 is 0 Å². The van der Waals surface area contributed by atoms with E-state index in [-0.39, 0.29) is 0 Å². The maximum atomic E-state index is 11.5. The van der Waals surface area contributed by atoms with Gasteiger partial charge in [0.05, 0.1) is 0 Å². The molecule has 0 spiro atoms. The van der Waals surface area contributed by atoms with Crippen LogP contribution in [0.2, 0.25) is 0 Å². The van der Waals surface area contributed by atoms with E-state index in [9.17, 15) is 4.79 Å². The second-order valence-corrected chi connectivity index (χ2v) is 7.69. The first kappa shape index (κ1) is 20.9. The van der Waals surface area contributed by atoms with Crippen LogP contribution in [0.1, 0.15) is 79.1 Å². The Labute approximate surface area is 150 Å². The monoisotopic (exact) mass is 330 g/mol. The highest BCUT2D eigenvalue weighted by Gasteiger charge is 2.27. The summed E-state index contributed by atoms with van der Waals surface area (Å²) >= 11 is 0. The number of ketones is 1. The molecule has 2 aliphatic carbocycles. The molecule has 0 bridgehead atoms. The molecular formula is C23H38O. The fraction of sp³-hybridized carbons (Fsp3) is 0.696. The summed E-state index contributed by atoms with van der Waals surface area (Å²) in [6.45, 7) is 12.8. The van der Waals surface area contributed by atoms with Gasteiger partial charge < -0.3 is 0 Å². The van der Waals surface area contributed by atoms with Crippen molar-refractivity contribution in [1.82, 2.24) is 0 Å². The van der Waals surface area contributed by atoms with Crippen LogP contribution in [0.5, 0.6) is 0 Å². The third-order valence-corrected chi connectivity index (χ3v) is 5.80. The normalized spacial score (nSPS) is 31.3. The van der Waals surface area contributed by atoms with Crippen molar-refractivity contribution >= 4 is 5.78 Å². The van der Waals surface area contributed by atoms with E-state index in [1.165, 1.54) is 37.7 Å². The summed E-state index contributed by atoms with van der Waals surface area (Å²) in [6, 6.07) is 0. The van der Waals surface area contributed by atoms with Crippen LogP contribution < -0.4 is 0 Å². The van der Waals surface area contributed by atoms with Gasteiger partial charge in [-0.2, -0.15) is 0 Å². The topological polar surface area (TPSA) is 17.1 Å². The van der Waals surface area contributed by atoms with Crippen LogP contribution in [0.4, 0.5) is 0 Å².